The molecule has 5 nitrogen and oxygen atoms in total. The Labute approximate surface area is 104 Å². The van der Waals surface area contributed by atoms with Gasteiger partial charge in [-0.3, -0.25) is 0 Å². The number of hydrogen-bond donors (Lipinski definition) is 2. The molecule has 90 valence electrons. The molecule has 1 rings (SSSR count). The van der Waals surface area contributed by atoms with Gasteiger partial charge < -0.3 is 15.2 Å². The maximum absolute atomic E-state index is 10.2. The quantitative estimate of drug-likeness (QED) is 0.756. The fourth-order valence-corrected chi connectivity index (χ4v) is 1.39. The van der Waals surface area contributed by atoms with Gasteiger partial charge in [0.15, 0.2) is 0 Å². The third kappa shape index (κ3) is 4.72. The van der Waals surface area contributed by atoms with Crippen molar-refractivity contribution in [3.63, 3.8) is 0 Å². The molecular weight excluding hydrogens is 244 g/mol. The number of nitriles is 1. The van der Waals surface area contributed by atoms with Gasteiger partial charge in [-0.05, 0) is 18.2 Å². The molecule has 0 atom stereocenters. The van der Waals surface area contributed by atoms with Crippen LogP contribution < -0.4 is 5.32 Å². The van der Waals surface area contributed by atoms with Gasteiger partial charge in [0.2, 0.25) is 0 Å². The molecule has 6 heteroatoms. The average molecular weight is 255 g/mol. The molecule has 2 N–H and O–H groups in total. The summed E-state index contributed by atoms with van der Waals surface area (Å²) in [4.78, 5) is 10.2. The normalized spacial score (nSPS) is 9.65. The number of nitrogens with one attached hydrogen (secondary N) is 1. The van der Waals surface area contributed by atoms with Crippen LogP contribution in [0.4, 0.5) is 5.69 Å². The van der Waals surface area contributed by atoms with Crippen LogP contribution in [0.15, 0.2) is 18.2 Å². The lowest BCUT2D eigenvalue weighted by Gasteiger charge is -2.08. The largest absolute Gasteiger partial charge is 0.480 e. The second-order valence-electron chi connectivity index (χ2n) is 3.18. The summed E-state index contributed by atoms with van der Waals surface area (Å²) in [6, 6.07) is 6.88. The van der Waals surface area contributed by atoms with Crippen LogP contribution in [0.2, 0.25) is 5.02 Å². The summed E-state index contributed by atoms with van der Waals surface area (Å²) < 4.78 is 4.84. The number of nitrogens with zero attached hydrogens (tertiary/aromatic N) is 1. The summed E-state index contributed by atoms with van der Waals surface area (Å²) in [6.45, 7) is 0.393. The molecule has 0 saturated heterocycles. The maximum Gasteiger partial charge on any atom is 0.329 e. The fourth-order valence-electron chi connectivity index (χ4n) is 1.15. The van der Waals surface area contributed by atoms with Gasteiger partial charge in [-0.2, -0.15) is 5.26 Å². The Hall–Kier alpha value is -1.77. The molecule has 0 radical (unpaired) electrons. The molecular formula is C11H11ClN2O3. The van der Waals surface area contributed by atoms with Gasteiger partial charge in [-0.1, -0.05) is 11.6 Å². The first kappa shape index (κ1) is 13.3. The molecule has 0 bridgehead atoms. The van der Waals surface area contributed by atoms with Crippen molar-refractivity contribution in [1.82, 2.24) is 0 Å². The van der Waals surface area contributed by atoms with Crippen LogP contribution >= 0.6 is 11.6 Å². The van der Waals surface area contributed by atoms with Crippen LogP contribution in [0.5, 0.6) is 0 Å². The number of benzene rings is 1. The van der Waals surface area contributed by atoms with Crippen molar-refractivity contribution in [2.24, 2.45) is 0 Å². The Morgan fingerprint density at radius 3 is 2.94 bits per heavy atom. The highest BCUT2D eigenvalue weighted by Crippen LogP contribution is 2.22. The van der Waals surface area contributed by atoms with Gasteiger partial charge in [0.25, 0.3) is 0 Å². The van der Waals surface area contributed by atoms with Crippen molar-refractivity contribution in [2.75, 3.05) is 25.1 Å². The van der Waals surface area contributed by atoms with E-state index >= 15 is 0 Å². The number of rotatable bonds is 6. The highest BCUT2D eigenvalue weighted by molar-refractivity contribution is 6.33. The van der Waals surface area contributed by atoms with Gasteiger partial charge in [0.05, 0.1) is 28.9 Å². The third-order valence-corrected chi connectivity index (χ3v) is 2.20. The number of carboxylic acids is 1. The number of ether oxygens (including phenoxy) is 1. The van der Waals surface area contributed by atoms with Crippen LogP contribution in [0.25, 0.3) is 0 Å². The first-order chi connectivity index (χ1) is 8.13. The van der Waals surface area contributed by atoms with Crippen LogP contribution in [0.1, 0.15) is 5.56 Å². The van der Waals surface area contributed by atoms with E-state index in [1.165, 1.54) is 0 Å². The zero-order valence-electron chi connectivity index (χ0n) is 8.94. The Morgan fingerprint density at radius 2 is 2.35 bits per heavy atom. The van der Waals surface area contributed by atoms with E-state index in [9.17, 15) is 4.79 Å². The lowest BCUT2D eigenvalue weighted by atomic mass is 10.2. The first-order valence-corrected chi connectivity index (χ1v) is 5.24. The van der Waals surface area contributed by atoms with Crippen molar-refractivity contribution >= 4 is 23.3 Å². The molecule has 1 aromatic rings. The molecule has 0 fully saturated rings. The molecule has 0 aliphatic rings. The third-order valence-electron chi connectivity index (χ3n) is 1.89. The summed E-state index contributed by atoms with van der Waals surface area (Å²) in [6.07, 6.45) is 0. The number of halogens is 1. The van der Waals surface area contributed by atoms with Crippen LogP contribution in [-0.4, -0.2) is 30.8 Å². The number of anilines is 1. The van der Waals surface area contributed by atoms with E-state index in [1.54, 1.807) is 18.2 Å². The van der Waals surface area contributed by atoms with E-state index in [0.29, 0.717) is 22.8 Å². The van der Waals surface area contributed by atoms with Crippen LogP contribution in [0.3, 0.4) is 0 Å². The molecule has 17 heavy (non-hydrogen) atoms. The first-order valence-electron chi connectivity index (χ1n) is 4.86. The second-order valence-corrected chi connectivity index (χ2v) is 3.59. The van der Waals surface area contributed by atoms with Crippen molar-refractivity contribution in [1.29, 1.82) is 5.26 Å². The predicted octanol–water partition coefficient (Wildman–Crippen LogP) is 1.72. The summed E-state index contributed by atoms with van der Waals surface area (Å²) >= 11 is 5.92. The van der Waals surface area contributed by atoms with E-state index in [4.69, 9.17) is 26.7 Å². The number of carboxylic acid groups (broad SMARTS) is 1. The van der Waals surface area contributed by atoms with Crippen molar-refractivity contribution < 1.29 is 14.6 Å². The molecule has 0 saturated carbocycles. The zero-order valence-corrected chi connectivity index (χ0v) is 9.70. The van der Waals surface area contributed by atoms with Crippen molar-refractivity contribution in [3.05, 3.63) is 28.8 Å². The topological polar surface area (TPSA) is 82.3 Å². The summed E-state index contributed by atoms with van der Waals surface area (Å²) in [5.74, 6) is -0.999. The smallest absolute Gasteiger partial charge is 0.329 e. The summed E-state index contributed by atoms with van der Waals surface area (Å²) in [5.41, 5.74) is 1.17. The Balaban J connectivity index is 2.37. The van der Waals surface area contributed by atoms with E-state index < -0.39 is 5.97 Å². The highest BCUT2D eigenvalue weighted by atomic mass is 35.5. The molecule has 0 heterocycles. The summed E-state index contributed by atoms with van der Waals surface area (Å²) in [7, 11) is 0. The molecule has 0 spiro atoms. The zero-order chi connectivity index (χ0) is 12.7. The monoisotopic (exact) mass is 254 g/mol. The summed E-state index contributed by atoms with van der Waals surface area (Å²) in [5, 5.41) is 20.4. The lowest BCUT2D eigenvalue weighted by Crippen LogP contribution is -2.14. The van der Waals surface area contributed by atoms with Crippen molar-refractivity contribution in [2.45, 2.75) is 0 Å². The molecule has 0 amide bonds. The standard InChI is InChI=1S/C11H11ClN2O3/c12-9-5-8(6-13)1-2-10(9)14-3-4-17-7-11(15)16/h1-2,5,14H,3-4,7H2,(H,15,16). The minimum Gasteiger partial charge on any atom is -0.480 e. The minimum absolute atomic E-state index is 0.266. The minimum atomic E-state index is -0.999. The predicted molar refractivity (Wildman–Crippen MR) is 63.1 cm³/mol. The van der Waals surface area contributed by atoms with Crippen molar-refractivity contribution in [3.8, 4) is 6.07 Å². The molecule has 0 aliphatic heterocycles. The second kappa shape index (κ2) is 6.74. The van der Waals surface area contributed by atoms with Crippen LogP contribution in [0, 0.1) is 11.3 Å². The van der Waals surface area contributed by atoms with E-state index in [1.807, 2.05) is 6.07 Å². The maximum atomic E-state index is 10.2. The average Bonchev–Trinajstić information content (AvgIpc) is 2.30. The van der Waals surface area contributed by atoms with Crippen LogP contribution in [-0.2, 0) is 9.53 Å². The molecule has 0 unspecified atom stereocenters. The number of hydrogen-bond acceptors (Lipinski definition) is 4. The molecule has 0 aromatic heterocycles. The van der Waals surface area contributed by atoms with Gasteiger partial charge in [-0.15, -0.1) is 0 Å². The SMILES string of the molecule is N#Cc1ccc(NCCOCC(=O)O)c(Cl)c1. The Bertz CT molecular complexity index is 443. The fraction of sp³-hybridized carbons (Fsp3) is 0.273. The Morgan fingerprint density at radius 1 is 1.59 bits per heavy atom. The number of aliphatic carboxylic acids is 1. The number of carbonyl (C=O) groups is 1. The Kier molecular flexibility index (Phi) is 5.27. The highest BCUT2D eigenvalue weighted by Gasteiger charge is 2.01. The van der Waals surface area contributed by atoms with Gasteiger partial charge in [-0.25, -0.2) is 4.79 Å². The van der Waals surface area contributed by atoms with E-state index in [0.717, 1.165) is 0 Å². The van der Waals surface area contributed by atoms with Gasteiger partial charge >= 0.3 is 5.97 Å². The van der Waals surface area contributed by atoms with Gasteiger partial charge in [0.1, 0.15) is 6.61 Å². The lowest BCUT2D eigenvalue weighted by molar-refractivity contribution is -0.142. The molecule has 0 aliphatic carbocycles. The molecule has 1 aromatic carbocycles. The van der Waals surface area contributed by atoms with E-state index in [2.05, 4.69) is 5.32 Å². The van der Waals surface area contributed by atoms with E-state index in [-0.39, 0.29) is 13.2 Å². The van der Waals surface area contributed by atoms with Gasteiger partial charge in [0, 0.05) is 6.54 Å².